The van der Waals surface area contributed by atoms with E-state index < -0.39 is 0 Å². The average molecular weight is 423 g/mol. The van der Waals surface area contributed by atoms with Crippen molar-refractivity contribution in [3.63, 3.8) is 0 Å². The zero-order valence-corrected chi connectivity index (χ0v) is 18.9. The maximum atomic E-state index is 5.87. The molecule has 2 unspecified atom stereocenters. The Morgan fingerprint density at radius 2 is 1.04 bits per heavy atom. The Labute approximate surface area is 177 Å². The van der Waals surface area contributed by atoms with Crippen LogP contribution in [0.1, 0.15) is 78.1 Å². The van der Waals surface area contributed by atoms with Crippen LogP contribution in [0.3, 0.4) is 0 Å². The fourth-order valence-electron chi connectivity index (χ4n) is 2.75. The number of hydrogen-bond donors (Lipinski definition) is 0. The molecule has 5 heteroatoms. The number of rotatable bonds is 20. The van der Waals surface area contributed by atoms with Gasteiger partial charge in [-0.05, 0) is 51.4 Å². The zero-order chi connectivity index (χ0) is 20.0. The summed E-state index contributed by atoms with van der Waals surface area (Å²) in [6.45, 7) is 4.95. The van der Waals surface area contributed by atoms with E-state index in [1.165, 1.54) is 0 Å². The van der Waals surface area contributed by atoms with Gasteiger partial charge in [-0.2, -0.15) is 0 Å². The molecule has 0 aliphatic heterocycles. The van der Waals surface area contributed by atoms with E-state index in [2.05, 4.69) is 38.2 Å². The molecule has 160 valence electrons. The highest BCUT2D eigenvalue weighted by Crippen LogP contribution is 2.12. The van der Waals surface area contributed by atoms with Crippen molar-refractivity contribution < 1.29 is 14.2 Å². The zero-order valence-electron chi connectivity index (χ0n) is 17.3. The highest BCUT2D eigenvalue weighted by atomic mass is 35.5. The standard InChI is InChI=1S/C22H40Cl2O3/c1-3-13-21(15-9-5-7-11-17-23)26-19-25-20-27-22(14-4-2)16-10-6-8-12-18-24/h5-8,21-22H,3-4,9-20H2,1-2H3. The van der Waals surface area contributed by atoms with Gasteiger partial charge in [-0.3, -0.25) is 0 Å². The Bertz CT molecular complexity index is 316. The lowest BCUT2D eigenvalue weighted by molar-refractivity contribution is -0.167. The van der Waals surface area contributed by atoms with E-state index in [-0.39, 0.29) is 12.2 Å². The molecule has 27 heavy (non-hydrogen) atoms. The molecule has 0 N–H and O–H groups in total. The van der Waals surface area contributed by atoms with Gasteiger partial charge in [-0.15, -0.1) is 23.2 Å². The molecule has 0 aromatic carbocycles. The Hall–Kier alpha value is -0.0600. The Morgan fingerprint density at radius 1 is 0.630 bits per heavy atom. The number of hydrogen-bond acceptors (Lipinski definition) is 3. The quantitative estimate of drug-likeness (QED) is 0.0895. The lowest BCUT2D eigenvalue weighted by Crippen LogP contribution is -2.18. The molecule has 0 rings (SSSR count). The lowest BCUT2D eigenvalue weighted by atomic mass is 10.1. The summed E-state index contributed by atoms with van der Waals surface area (Å²) in [5.74, 6) is 1.37. The molecule has 0 aromatic heterocycles. The average Bonchev–Trinajstić information content (AvgIpc) is 2.67. The first-order valence-electron chi connectivity index (χ1n) is 10.5. The van der Waals surface area contributed by atoms with Gasteiger partial charge in [0, 0.05) is 11.8 Å². The third kappa shape index (κ3) is 19.0. The number of ether oxygens (including phenoxy) is 3. The van der Waals surface area contributed by atoms with Gasteiger partial charge in [0.2, 0.25) is 0 Å². The van der Waals surface area contributed by atoms with Crippen LogP contribution in [0.25, 0.3) is 0 Å². The summed E-state index contributed by atoms with van der Waals surface area (Å²) in [6, 6.07) is 0. The smallest absolute Gasteiger partial charge is 0.149 e. The highest BCUT2D eigenvalue weighted by Gasteiger charge is 2.09. The molecule has 0 spiro atoms. The van der Waals surface area contributed by atoms with Crippen LogP contribution >= 0.6 is 23.2 Å². The first-order chi connectivity index (χ1) is 13.3. The highest BCUT2D eigenvalue weighted by molar-refractivity contribution is 6.18. The van der Waals surface area contributed by atoms with Gasteiger partial charge in [0.25, 0.3) is 0 Å². The lowest BCUT2D eigenvalue weighted by Gasteiger charge is -2.19. The largest absolute Gasteiger partial charge is 0.352 e. The van der Waals surface area contributed by atoms with Crippen molar-refractivity contribution in [1.82, 2.24) is 0 Å². The summed E-state index contributed by atoms with van der Waals surface area (Å²) < 4.78 is 17.3. The molecule has 3 nitrogen and oxygen atoms in total. The van der Waals surface area contributed by atoms with Crippen molar-refractivity contribution in [1.29, 1.82) is 0 Å². The molecular formula is C22H40Cl2O3. The predicted molar refractivity (Wildman–Crippen MR) is 118 cm³/mol. The van der Waals surface area contributed by atoms with Crippen LogP contribution in [0.15, 0.2) is 24.3 Å². The Balaban J connectivity index is 3.90. The Morgan fingerprint density at radius 3 is 1.41 bits per heavy atom. The number of alkyl halides is 2. The van der Waals surface area contributed by atoms with E-state index in [0.717, 1.165) is 64.2 Å². The van der Waals surface area contributed by atoms with Gasteiger partial charge in [0.05, 0.1) is 12.2 Å². The summed E-state index contributed by atoms with van der Waals surface area (Å²) in [5.41, 5.74) is 0. The molecule has 0 fully saturated rings. The third-order valence-corrected chi connectivity index (χ3v) is 4.63. The summed E-state index contributed by atoms with van der Waals surface area (Å²) in [6.07, 6.45) is 19.4. The van der Waals surface area contributed by atoms with Gasteiger partial charge in [-0.1, -0.05) is 51.0 Å². The molecule has 0 amide bonds. The molecule has 0 aliphatic carbocycles. The van der Waals surface area contributed by atoms with Crippen LogP contribution in [0, 0.1) is 0 Å². The van der Waals surface area contributed by atoms with Crippen LogP contribution in [-0.2, 0) is 14.2 Å². The fraction of sp³-hybridized carbons (Fsp3) is 0.818. The minimum absolute atomic E-state index is 0.245. The Kier molecular flexibility index (Phi) is 22.2. The predicted octanol–water partition coefficient (Wildman–Crippen LogP) is 7.22. The molecule has 0 radical (unpaired) electrons. The molecule has 0 bridgehead atoms. The van der Waals surface area contributed by atoms with Crippen LogP contribution in [0.5, 0.6) is 0 Å². The third-order valence-electron chi connectivity index (χ3n) is 4.19. The van der Waals surface area contributed by atoms with Crippen LogP contribution in [0.2, 0.25) is 0 Å². The van der Waals surface area contributed by atoms with Crippen molar-refractivity contribution in [3.8, 4) is 0 Å². The molecule has 0 heterocycles. The molecule has 2 atom stereocenters. The SMILES string of the molecule is CCCC(CCC=CCCCl)OCOCOC(CCC)CCC=CCCCl. The topological polar surface area (TPSA) is 27.7 Å². The van der Waals surface area contributed by atoms with E-state index in [4.69, 9.17) is 37.4 Å². The van der Waals surface area contributed by atoms with Crippen LogP contribution in [-0.4, -0.2) is 37.6 Å². The van der Waals surface area contributed by atoms with Gasteiger partial charge in [0.15, 0.2) is 0 Å². The van der Waals surface area contributed by atoms with Gasteiger partial charge in [0.1, 0.15) is 13.6 Å². The van der Waals surface area contributed by atoms with E-state index in [1.807, 2.05) is 0 Å². The van der Waals surface area contributed by atoms with E-state index in [9.17, 15) is 0 Å². The summed E-state index contributed by atoms with van der Waals surface area (Å²) in [5, 5.41) is 0. The molecule has 0 aromatic rings. The van der Waals surface area contributed by atoms with Crippen molar-refractivity contribution in [2.24, 2.45) is 0 Å². The summed E-state index contributed by atoms with van der Waals surface area (Å²) in [7, 11) is 0. The number of halogens is 2. The van der Waals surface area contributed by atoms with Crippen molar-refractivity contribution >= 4 is 23.2 Å². The van der Waals surface area contributed by atoms with Crippen LogP contribution < -0.4 is 0 Å². The second-order valence-electron chi connectivity index (χ2n) is 6.65. The summed E-state index contributed by atoms with van der Waals surface area (Å²) >= 11 is 11.3. The van der Waals surface area contributed by atoms with Gasteiger partial charge in [-0.25, -0.2) is 0 Å². The summed E-state index contributed by atoms with van der Waals surface area (Å²) in [4.78, 5) is 0. The molecular weight excluding hydrogens is 383 g/mol. The first-order valence-corrected chi connectivity index (χ1v) is 11.6. The maximum Gasteiger partial charge on any atom is 0.149 e. The maximum absolute atomic E-state index is 5.87. The van der Waals surface area contributed by atoms with Crippen molar-refractivity contribution in [2.75, 3.05) is 25.3 Å². The monoisotopic (exact) mass is 422 g/mol. The normalized spacial score (nSPS) is 14.4. The molecule has 0 saturated carbocycles. The fourth-order valence-corrected chi connectivity index (χ4v) is 3.00. The number of allylic oxidation sites excluding steroid dienone is 4. The van der Waals surface area contributed by atoms with E-state index in [1.54, 1.807) is 0 Å². The first kappa shape index (κ1) is 26.9. The minimum Gasteiger partial charge on any atom is -0.352 e. The minimum atomic E-state index is 0.245. The van der Waals surface area contributed by atoms with Crippen molar-refractivity contribution in [2.45, 2.75) is 90.3 Å². The second kappa shape index (κ2) is 22.2. The second-order valence-corrected chi connectivity index (χ2v) is 7.40. The van der Waals surface area contributed by atoms with Gasteiger partial charge >= 0.3 is 0 Å². The molecule has 0 aliphatic rings. The van der Waals surface area contributed by atoms with Gasteiger partial charge < -0.3 is 14.2 Å². The van der Waals surface area contributed by atoms with Crippen LogP contribution in [0.4, 0.5) is 0 Å². The molecule has 0 saturated heterocycles. The van der Waals surface area contributed by atoms with E-state index in [0.29, 0.717) is 25.3 Å². The van der Waals surface area contributed by atoms with Crippen molar-refractivity contribution in [3.05, 3.63) is 24.3 Å². The van der Waals surface area contributed by atoms with E-state index >= 15 is 0 Å².